The Labute approximate surface area is 92.2 Å². The molecule has 2 N–H and O–H groups in total. The molecule has 1 aromatic rings. The Balaban J connectivity index is 2.00. The van der Waals surface area contributed by atoms with Crippen LogP contribution in [0.4, 0.5) is 0 Å². The molecule has 5 heteroatoms. The number of fused-ring (bicyclic) bond motifs is 1. The molecule has 16 heavy (non-hydrogen) atoms. The molecule has 1 aromatic carbocycles. The standard InChI is InChI=1S/C11H12O5/c12-8(11(13)14)5-7-6-15-9-3-1-2-4-10(9)16-7/h1-4,7-8,12H,5-6H2,(H,13,14). The van der Waals surface area contributed by atoms with Gasteiger partial charge in [-0.1, -0.05) is 12.1 Å². The Kier molecular flexibility index (Phi) is 2.96. The molecule has 0 fully saturated rings. The summed E-state index contributed by atoms with van der Waals surface area (Å²) in [6, 6.07) is 7.15. The molecule has 0 bridgehead atoms. The normalized spacial score (nSPS) is 20.2. The van der Waals surface area contributed by atoms with Crippen molar-refractivity contribution in [3.8, 4) is 11.5 Å². The smallest absolute Gasteiger partial charge is 0.332 e. The molecular formula is C11H12O5. The van der Waals surface area contributed by atoms with Gasteiger partial charge in [-0.2, -0.15) is 0 Å². The van der Waals surface area contributed by atoms with E-state index < -0.39 is 18.2 Å². The van der Waals surface area contributed by atoms with Gasteiger partial charge in [0, 0.05) is 6.42 Å². The third-order valence-corrected chi connectivity index (χ3v) is 2.34. The molecule has 0 amide bonds. The zero-order chi connectivity index (χ0) is 11.5. The van der Waals surface area contributed by atoms with Crippen molar-refractivity contribution in [2.24, 2.45) is 0 Å². The average Bonchev–Trinajstić information content (AvgIpc) is 2.28. The zero-order valence-corrected chi connectivity index (χ0v) is 8.50. The number of aliphatic hydroxyl groups excluding tert-OH is 1. The van der Waals surface area contributed by atoms with E-state index in [9.17, 15) is 9.90 Å². The molecule has 86 valence electrons. The highest BCUT2D eigenvalue weighted by molar-refractivity contribution is 5.71. The molecule has 2 atom stereocenters. The maximum atomic E-state index is 10.5. The Morgan fingerprint density at radius 2 is 2.12 bits per heavy atom. The number of hydrogen-bond acceptors (Lipinski definition) is 4. The lowest BCUT2D eigenvalue weighted by molar-refractivity contribution is -0.148. The van der Waals surface area contributed by atoms with Crippen molar-refractivity contribution >= 4 is 5.97 Å². The van der Waals surface area contributed by atoms with Gasteiger partial charge in [0.05, 0.1) is 0 Å². The minimum absolute atomic E-state index is 0.0175. The van der Waals surface area contributed by atoms with Crippen molar-refractivity contribution in [1.29, 1.82) is 0 Å². The van der Waals surface area contributed by atoms with E-state index in [0.29, 0.717) is 11.5 Å². The van der Waals surface area contributed by atoms with Gasteiger partial charge in [-0.05, 0) is 12.1 Å². The number of para-hydroxylation sites is 2. The van der Waals surface area contributed by atoms with Gasteiger partial charge in [-0.15, -0.1) is 0 Å². The van der Waals surface area contributed by atoms with Crippen LogP contribution >= 0.6 is 0 Å². The van der Waals surface area contributed by atoms with Gasteiger partial charge in [0.2, 0.25) is 0 Å². The van der Waals surface area contributed by atoms with Crippen LogP contribution < -0.4 is 9.47 Å². The molecule has 1 aliphatic rings. The van der Waals surface area contributed by atoms with Crippen LogP contribution in [0.15, 0.2) is 24.3 Å². The Morgan fingerprint density at radius 1 is 1.44 bits per heavy atom. The fourth-order valence-electron chi connectivity index (χ4n) is 1.53. The topological polar surface area (TPSA) is 76.0 Å². The van der Waals surface area contributed by atoms with Gasteiger partial charge in [-0.25, -0.2) is 4.79 Å². The molecule has 5 nitrogen and oxygen atoms in total. The van der Waals surface area contributed by atoms with Crippen LogP contribution in [-0.4, -0.2) is 35.0 Å². The van der Waals surface area contributed by atoms with Gasteiger partial charge >= 0.3 is 5.97 Å². The monoisotopic (exact) mass is 224 g/mol. The number of benzene rings is 1. The van der Waals surface area contributed by atoms with Gasteiger partial charge in [0.1, 0.15) is 12.7 Å². The van der Waals surface area contributed by atoms with Crippen molar-refractivity contribution < 1.29 is 24.5 Å². The third-order valence-electron chi connectivity index (χ3n) is 2.34. The van der Waals surface area contributed by atoms with E-state index in [0.717, 1.165) is 0 Å². The highest BCUT2D eigenvalue weighted by Gasteiger charge is 2.26. The van der Waals surface area contributed by atoms with Gasteiger partial charge in [0.15, 0.2) is 17.6 Å². The summed E-state index contributed by atoms with van der Waals surface area (Å²) in [7, 11) is 0. The van der Waals surface area contributed by atoms with E-state index in [-0.39, 0.29) is 13.0 Å². The lowest BCUT2D eigenvalue weighted by Gasteiger charge is -2.26. The maximum absolute atomic E-state index is 10.5. The summed E-state index contributed by atoms with van der Waals surface area (Å²) in [4.78, 5) is 10.5. The molecule has 1 heterocycles. The summed E-state index contributed by atoms with van der Waals surface area (Å²) < 4.78 is 10.9. The molecule has 2 rings (SSSR count). The number of aliphatic hydroxyl groups is 1. The second-order valence-electron chi connectivity index (χ2n) is 3.59. The van der Waals surface area contributed by atoms with Crippen LogP contribution in [-0.2, 0) is 4.79 Å². The SMILES string of the molecule is O=C(O)C(O)CC1COc2ccccc2O1. The molecule has 0 saturated heterocycles. The summed E-state index contributed by atoms with van der Waals surface area (Å²) >= 11 is 0. The molecule has 0 saturated carbocycles. The molecule has 0 radical (unpaired) electrons. The second-order valence-corrected chi connectivity index (χ2v) is 3.59. The summed E-state index contributed by atoms with van der Waals surface area (Å²) in [5.74, 6) is -0.0256. The zero-order valence-electron chi connectivity index (χ0n) is 8.50. The van der Waals surface area contributed by atoms with Crippen LogP contribution in [0.3, 0.4) is 0 Å². The van der Waals surface area contributed by atoms with Crippen LogP contribution in [0.2, 0.25) is 0 Å². The van der Waals surface area contributed by atoms with Crippen LogP contribution in [0.1, 0.15) is 6.42 Å². The van der Waals surface area contributed by atoms with E-state index in [1.54, 1.807) is 18.2 Å². The number of rotatable bonds is 3. The van der Waals surface area contributed by atoms with Crippen molar-refractivity contribution in [3.05, 3.63) is 24.3 Å². The van der Waals surface area contributed by atoms with Crippen LogP contribution in [0.25, 0.3) is 0 Å². The lowest BCUT2D eigenvalue weighted by atomic mass is 10.1. The Bertz CT molecular complexity index is 390. The van der Waals surface area contributed by atoms with Crippen molar-refractivity contribution in [1.82, 2.24) is 0 Å². The summed E-state index contributed by atoms with van der Waals surface area (Å²) in [5, 5.41) is 17.8. The van der Waals surface area contributed by atoms with Crippen molar-refractivity contribution in [2.75, 3.05) is 6.61 Å². The van der Waals surface area contributed by atoms with Crippen LogP contribution in [0.5, 0.6) is 11.5 Å². The van der Waals surface area contributed by atoms with Gasteiger partial charge in [0.25, 0.3) is 0 Å². The summed E-state index contributed by atoms with van der Waals surface area (Å²) in [6.45, 7) is 0.251. The van der Waals surface area contributed by atoms with Crippen molar-refractivity contribution in [2.45, 2.75) is 18.6 Å². The lowest BCUT2D eigenvalue weighted by Crippen LogP contribution is -2.35. The van der Waals surface area contributed by atoms with E-state index in [4.69, 9.17) is 14.6 Å². The molecule has 0 spiro atoms. The van der Waals surface area contributed by atoms with Gasteiger partial charge < -0.3 is 19.7 Å². The highest BCUT2D eigenvalue weighted by Crippen LogP contribution is 2.31. The number of carboxylic acids is 1. The van der Waals surface area contributed by atoms with E-state index >= 15 is 0 Å². The Morgan fingerprint density at radius 3 is 2.81 bits per heavy atom. The number of carbonyl (C=O) groups is 1. The third kappa shape index (κ3) is 2.25. The molecule has 0 aromatic heterocycles. The molecular weight excluding hydrogens is 212 g/mol. The number of carboxylic acid groups (broad SMARTS) is 1. The average molecular weight is 224 g/mol. The first kappa shape index (κ1) is 10.8. The maximum Gasteiger partial charge on any atom is 0.332 e. The second kappa shape index (κ2) is 4.40. The largest absolute Gasteiger partial charge is 0.486 e. The fraction of sp³-hybridized carbons (Fsp3) is 0.364. The minimum Gasteiger partial charge on any atom is -0.486 e. The predicted octanol–water partition coefficient (Wildman–Crippen LogP) is 0.662. The van der Waals surface area contributed by atoms with Gasteiger partial charge in [-0.3, -0.25) is 0 Å². The summed E-state index contributed by atoms with van der Waals surface area (Å²) in [5.41, 5.74) is 0. The number of hydrogen-bond donors (Lipinski definition) is 2. The molecule has 2 unspecified atom stereocenters. The quantitative estimate of drug-likeness (QED) is 0.788. The summed E-state index contributed by atoms with van der Waals surface area (Å²) in [6.07, 6.45) is -1.83. The highest BCUT2D eigenvalue weighted by atomic mass is 16.6. The van der Waals surface area contributed by atoms with E-state index in [2.05, 4.69) is 0 Å². The number of ether oxygens (including phenoxy) is 2. The van der Waals surface area contributed by atoms with E-state index in [1.807, 2.05) is 6.07 Å². The predicted molar refractivity (Wildman–Crippen MR) is 54.6 cm³/mol. The first-order valence-electron chi connectivity index (χ1n) is 4.96. The molecule has 1 aliphatic heterocycles. The van der Waals surface area contributed by atoms with Crippen LogP contribution in [0, 0.1) is 0 Å². The van der Waals surface area contributed by atoms with Crippen molar-refractivity contribution in [3.63, 3.8) is 0 Å². The molecule has 0 aliphatic carbocycles. The first-order chi connectivity index (χ1) is 7.66. The Hall–Kier alpha value is -1.75. The first-order valence-corrected chi connectivity index (χ1v) is 4.96. The van der Waals surface area contributed by atoms with E-state index in [1.165, 1.54) is 0 Å². The fourth-order valence-corrected chi connectivity index (χ4v) is 1.53. The number of aliphatic carboxylic acids is 1. The minimum atomic E-state index is -1.42.